The van der Waals surface area contributed by atoms with Crippen molar-refractivity contribution in [3.8, 4) is 22.9 Å². The lowest BCUT2D eigenvalue weighted by Gasteiger charge is -2.35. The maximum absolute atomic E-state index is 9.15. The normalized spacial score (nSPS) is 15.0. The SMILES string of the molecule is OCCN1CCN(c2ccc3[nH]c(-c4ccc5[nH]c(-c6ccccn6)nc5c4)nc3c2)CC1. The fourth-order valence-corrected chi connectivity index (χ4v) is 4.48. The van der Waals surface area contributed by atoms with Gasteiger partial charge in [0.25, 0.3) is 0 Å². The molecule has 1 aliphatic heterocycles. The zero-order valence-electron chi connectivity index (χ0n) is 18.2. The molecule has 8 heteroatoms. The minimum atomic E-state index is 0.219. The van der Waals surface area contributed by atoms with E-state index in [9.17, 15) is 0 Å². The number of aromatic nitrogens is 5. The number of aliphatic hydroxyl groups excluding tert-OH is 1. The number of imidazole rings is 2. The second kappa shape index (κ2) is 8.31. The number of rotatable bonds is 5. The summed E-state index contributed by atoms with van der Waals surface area (Å²) >= 11 is 0. The van der Waals surface area contributed by atoms with E-state index in [4.69, 9.17) is 15.1 Å². The largest absolute Gasteiger partial charge is 0.395 e. The van der Waals surface area contributed by atoms with E-state index in [1.165, 1.54) is 5.69 Å². The zero-order chi connectivity index (χ0) is 22.2. The van der Waals surface area contributed by atoms with Crippen molar-refractivity contribution in [3.63, 3.8) is 0 Å². The van der Waals surface area contributed by atoms with Gasteiger partial charge in [0.2, 0.25) is 0 Å². The Morgan fingerprint density at radius 1 is 0.818 bits per heavy atom. The third-order valence-corrected chi connectivity index (χ3v) is 6.28. The van der Waals surface area contributed by atoms with E-state index in [1.807, 2.05) is 24.3 Å². The highest BCUT2D eigenvalue weighted by Crippen LogP contribution is 2.28. The Balaban J connectivity index is 1.27. The number of hydrogen-bond acceptors (Lipinski definition) is 6. The highest BCUT2D eigenvalue weighted by Gasteiger charge is 2.18. The van der Waals surface area contributed by atoms with Crippen molar-refractivity contribution in [1.82, 2.24) is 29.8 Å². The van der Waals surface area contributed by atoms with Crippen molar-refractivity contribution in [2.75, 3.05) is 44.2 Å². The molecule has 6 rings (SSSR count). The zero-order valence-corrected chi connectivity index (χ0v) is 18.2. The van der Waals surface area contributed by atoms with Gasteiger partial charge in [-0.1, -0.05) is 6.07 Å². The van der Waals surface area contributed by atoms with Crippen molar-refractivity contribution in [2.45, 2.75) is 0 Å². The molecule has 2 aromatic carbocycles. The summed E-state index contributed by atoms with van der Waals surface area (Å²) in [5.74, 6) is 1.59. The number of H-pyrrole nitrogens is 2. The highest BCUT2D eigenvalue weighted by atomic mass is 16.3. The third-order valence-electron chi connectivity index (χ3n) is 6.28. The van der Waals surface area contributed by atoms with E-state index in [0.29, 0.717) is 0 Å². The quantitative estimate of drug-likeness (QED) is 0.389. The Morgan fingerprint density at radius 3 is 2.36 bits per heavy atom. The van der Waals surface area contributed by atoms with Gasteiger partial charge < -0.3 is 20.0 Å². The molecule has 0 aliphatic carbocycles. The van der Waals surface area contributed by atoms with E-state index in [1.54, 1.807) is 6.20 Å². The van der Waals surface area contributed by atoms with Gasteiger partial charge in [-0.15, -0.1) is 0 Å². The lowest BCUT2D eigenvalue weighted by atomic mass is 10.2. The summed E-state index contributed by atoms with van der Waals surface area (Å²) in [6, 6.07) is 18.4. The first-order valence-electron chi connectivity index (χ1n) is 11.3. The Bertz CT molecular complexity index is 1400. The van der Waals surface area contributed by atoms with Crippen LogP contribution in [0.1, 0.15) is 0 Å². The average Bonchev–Trinajstić information content (AvgIpc) is 3.48. The number of fused-ring (bicyclic) bond motifs is 2. The van der Waals surface area contributed by atoms with Crippen LogP contribution in [0.4, 0.5) is 5.69 Å². The Labute approximate surface area is 190 Å². The highest BCUT2D eigenvalue weighted by molar-refractivity contribution is 5.86. The van der Waals surface area contributed by atoms with Crippen LogP contribution < -0.4 is 4.90 Å². The summed E-state index contributed by atoms with van der Waals surface area (Å²) in [4.78, 5) is 25.5. The minimum Gasteiger partial charge on any atom is -0.395 e. The summed E-state index contributed by atoms with van der Waals surface area (Å²) < 4.78 is 0. The van der Waals surface area contributed by atoms with E-state index >= 15 is 0 Å². The number of nitrogens with one attached hydrogen (secondary N) is 2. The standard InChI is InChI=1S/C25H25N7O/c33-14-13-31-9-11-32(12-10-31)18-5-7-20-23(16-18)29-24(27-20)17-4-6-19-22(15-17)30-25(28-19)21-3-1-2-8-26-21/h1-8,15-16,33H,9-14H2,(H,27,29)(H,28,30). The number of β-amino-alcohol motifs (C(OH)–C–C–N with tert-alkyl or cyclic N) is 1. The Morgan fingerprint density at radius 2 is 1.58 bits per heavy atom. The molecule has 0 unspecified atom stereocenters. The van der Waals surface area contributed by atoms with Crippen LogP contribution >= 0.6 is 0 Å². The van der Waals surface area contributed by atoms with Gasteiger partial charge in [-0.2, -0.15) is 0 Å². The number of piperazine rings is 1. The number of benzene rings is 2. The molecule has 3 N–H and O–H groups in total. The van der Waals surface area contributed by atoms with Crippen LogP contribution in [0, 0.1) is 0 Å². The topological polar surface area (TPSA) is 97.0 Å². The van der Waals surface area contributed by atoms with E-state index in [2.05, 4.69) is 55.1 Å². The summed E-state index contributed by atoms with van der Waals surface area (Å²) in [6.07, 6.45) is 1.77. The van der Waals surface area contributed by atoms with Gasteiger partial charge in [0.1, 0.15) is 11.5 Å². The van der Waals surface area contributed by atoms with E-state index in [-0.39, 0.29) is 6.61 Å². The second-order valence-electron chi connectivity index (χ2n) is 8.37. The molecule has 0 atom stereocenters. The van der Waals surface area contributed by atoms with Gasteiger partial charge >= 0.3 is 0 Å². The van der Waals surface area contributed by atoms with E-state index < -0.39 is 0 Å². The number of aromatic amines is 2. The fraction of sp³-hybridized carbons (Fsp3) is 0.240. The molecular formula is C25H25N7O. The molecule has 8 nitrogen and oxygen atoms in total. The molecule has 1 fully saturated rings. The number of aliphatic hydroxyl groups is 1. The Hall–Kier alpha value is -3.75. The maximum atomic E-state index is 9.15. The summed E-state index contributed by atoms with van der Waals surface area (Å²) in [6.45, 7) is 4.81. The van der Waals surface area contributed by atoms with Gasteiger partial charge in [0.15, 0.2) is 5.82 Å². The Kier molecular flexibility index (Phi) is 5.01. The third kappa shape index (κ3) is 3.83. The van der Waals surface area contributed by atoms with Crippen molar-refractivity contribution < 1.29 is 5.11 Å². The number of hydrogen-bond donors (Lipinski definition) is 3. The molecule has 3 aromatic heterocycles. The van der Waals surface area contributed by atoms with Crippen LogP contribution in [-0.2, 0) is 0 Å². The van der Waals surface area contributed by atoms with Crippen LogP contribution in [0.3, 0.4) is 0 Å². The molecule has 0 radical (unpaired) electrons. The van der Waals surface area contributed by atoms with Gasteiger partial charge in [0, 0.05) is 50.2 Å². The maximum Gasteiger partial charge on any atom is 0.157 e. The molecule has 4 heterocycles. The average molecular weight is 440 g/mol. The number of nitrogens with zero attached hydrogens (tertiary/aromatic N) is 5. The first-order chi connectivity index (χ1) is 16.3. The summed E-state index contributed by atoms with van der Waals surface area (Å²) in [5.41, 5.74) is 6.83. The molecular weight excluding hydrogens is 414 g/mol. The summed E-state index contributed by atoms with van der Waals surface area (Å²) in [5, 5.41) is 9.15. The predicted octanol–water partition coefficient (Wildman–Crippen LogP) is 3.28. The van der Waals surface area contributed by atoms with Crippen molar-refractivity contribution >= 4 is 27.8 Å². The van der Waals surface area contributed by atoms with Crippen LogP contribution in [0.5, 0.6) is 0 Å². The molecule has 1 saturated heterocycles. The van der Waals surface area contributed by atoms with Gasteiger partial charge in [-0.25, -0.2) is 9.97 Å². The van der Waals surface area contributed by atoms with E-state index in [0.717, 1.165) is 77.7 Å². The monoisotopic (exact) mass is 439 g/mol. The van der Waals surface area contributed by atoms with Gasteiger partial charge in [0.05, 0.1) is 28.7 Å². The molecule has 0 saturated carbocycles. The van der Waals surface area contributed by atoms with Crippen molar-refractivity contribution in [2.24, 2.45) is 0 Å². The number of anilines is 1. The molecule has 0 spiro atoms. The molecule has 1 aliphatic rings. The molecule has 5 aromatic rings. The molecule has 166 valence electrons. The predicted molar refractivity (Wildman–Crippen MR) is 130 cm³/mol. The van der Waals surface area contributed by atoms with Crippen molar-refractivity contribution in [1.29, 1.82) is 0 Å². The number of pyridine rings is 1. The molecule has 0 amide bonds. The second-order valence-corrected chi connectivity index (χ2v) is 8.37. The van der Waals surface area contributed by atoms with Crippen LogP contribution in [-0.4, -0.2) is 74.3 Å². The smallest absolute Gasteiger partial charge is 0.157 e. The molecule has 0 bridgehead atoms. The van der Waals surface area contributed by atoms with Crippen LogP contribution in [0.2, 0.25) is 0 Å². The van der Waals surface area contributed by atoms with Crippen LogP contribution in [0.15, 0.2) is 60.8 Å². The lowest BCUT2D eigenvalue weighted by Crippen LogP contribution is -2.47. The van der Waals surface area contributed by atoms with Gasteiger partial charge in [-0.05, 0) is 48.5 Å². The lowest BCUT2D eigenvalue weighted by molar-refractivity contribution is 0.189. The molecule has 33 heavy (non-hydrogen) atoms. The first kappa shape index (κ1) is 19.9. The minimum absolute atomic E-state index is 0.219. The summed E-state index contributed by atoms with van der Waals surface area (Å²) in [7, 11) is 0. The van der Waals surface area contributed by atoms with Gasteiger partial charge in [-0.3, -0.25) is 9.88 Å². The first-order valence-corrected chi connectivity index (χ1v) is 11.3. The fourth-order valence-electron chi connectivity index (χ4n) is 4.48. The van der Waals surface area contributed by atoms with Crippen LogP contribution in [0.25, 0.3) is 45.0 Å². The van der Waals surface area contributed by atoms with Crippen molar-refractivity contribution in [3.05, 3.63) is 60.8 Å².